The van der Waals surface area contributed by atoms with Gasteiger partial charge in [0.2, 0.25) is 0 Å². The Hall–Kier alpha value is 0.534. The van der Waals surface area contributed by atoms with Crippen molar-refractivity contribution in [3.05, 3.63) is 0 Å². The van der Waals surface area contributed by atoms with Gasteiger partial charge in [-0.15, -0.1) is 0 Å². The van der Waals surface area contributed by atoms with Crippen molar-refractivity contribution in [1.82, 2.24) is 4.90 Å². The van der Waals surface area contributed by atoms with Gasteiger partial charge in [-0.25, -0.2) is 0 Å². The molecule has 0 saturated carbocycles. The molecule has 0 saturated heterocycles. The second-order valence-corrected chi connectivity index (χ2v) is 1.63. The standard InChI is InChI=1S/C4H9NO2.Y/c1-5(2)3-4(6)7;/h3H2,1-2H3,(H,6,7);. The average molecular weight is 192 g/mol. The van der Waals surface area contributed by atoms with E-state index < -0.39 is 5.97 Å². The molecule has 0 spiro atoms. The summed E-state index contributed by atoms with van der Waals surface area (Å²) in [5, 5.41) is 8.04. The molecule has 0 aromatic heterocycles. The molecule has 0 aliphatic rings. The third-order valence-electron chi connectivity index (χ3n) is 0.451. The molecule has 0 aromatic rings. The van der Waals surface area contributed by atoms with E-state index in [1.807, 2.05) is 0 Å². The van der Waals surface area contributed by atoms with Crippen LogP contribution in [0.5, 0.6) is 0 Å². The van der Waals surface area contributed by atoms with Crippen LogP contribution < -0.4 is 0 Å². The van der Waals surface area contributed by atoms with E-state index in [9.17, 15) is 4.79 Å². The van der Waals surface area contributed by atoms with Crippen LogP contribution in [0.3, 0.4) is 0 Å². The molecule has 0 amide bonds. The number of aliphatic carboxylic acids is 1. The molecule has 0 atom stereocenters. The van der Waals surface area contributed by atoms with Crippen LogP contribution in [0.2, 0.25) is 0 Å². The first kappa shape index (κ1) is 11.3. The van der Waals surface area contributed by atoms with E-state index in [-0.39, 0.29) is 39.3 Å². The number of rotatable bonds is 2. The summed E-state index contributed by atoms with van der Waals surface area (Å²) in [6.45, 7) is 0.111. The first-order valence-corrected chi connectivity index (χ1v) is 1.99. The fourth-order valence-electron chi connectivity index (χ4n) is 0.271. The number of carbonyl (C=O) groups is 1. The van der Waals surface area contributed by atoms with Gasteiger partial charge in [0.05, 0.1) is 6.54 Å². The van der Waals surface area contributed by atoms with Gasteiger partial charge in [0, 0.05) is 32.7 Å². The van der Waals surface area contributed by atoms with Crippen molar-refractivity contribution in [3.8, 4) is 0 Å². The summed E-state index contributed by atoms with van der Waals surface area (Å²) in [6, 6.07) is 0. The molecule has 0 heterocycles. The molecule has 0 aliphatic heterocycles. The van der Waals surface area contributed by atoms with Gasteiger partial charge in [-0.3, -0.25) is 9.69 Å². The van der Waals surface area contributed by atoms with Crippen LogP contribution in [-0.4, -0.2) is 36.6 Å². The second kappa shape index (κ2) is 5.67. The summed E-state index contributed by atoms with van der Waals surface area (Å²) in [5.41, 5.74) is 0. The first-order valence-electron chi connectivity index (χ1n) is 1.99. The maximum absolute atomic E-state index is 9.77. The number of hydrogen-bond acceptors (Lipinski definition) is 2. The summed E-state index contributed by atoms with van der Waals surface area (Å²) in [4.78, 5) is 11.4. The van der Waals surface area contributed by atoms with E-state index >= 15 is 0 Å². The Kier molecular flexibility index (Phi) is 8.04. The molecule has 0 aliphatic carbocycles. The van der Waals surface area contributed by atoms with Crippen LogP contribution in [0.1, 0.15) is 0 Å². The van der Waals surface area contributed by atoms with Crippen molar-refractivity contribution < 1.29 is 42.6 Å². The SMILES string of the molecule is CN(C)CC(=O)O.[Y]. The third kappa shape index (κ3) is 9.73. The fraction of sp³-hybridized carbons (Fsp3) is 0.750. The summed E-state index contributed by atoms with van der Waals surface area (Å²) in [6.07, 6.45) is 0. The van der Waals surface area contributed by atoms with E-state index in [1.54, 1.807) is 19.0 Å². The van der Waals surface area contributed by atoms with Gasteiger partial charge in [0.1, 0.15) is 0 Å². The zero-order chi connectivity index (χ0) is 5.86. The maximum Gasteiger partial charge on any atom is 0.317 e. The molecular formula is C4H9NO2Y. The van der Waals surface area contributed by atoms with Gasteiger partial charge in [-0.1, -0.05) is 0 Å². The van der Waals surface area contributed by atoms with Gasteiger partial charge < -0.3 is 5.11 Å². The summed E-state index contributed by atoms with van der Waals surface area (Å²) >= 11 is 0. The van der Waals surface area contributed by atoms with E-state index in [0.29, 0.717) is 0 Å². The topological polar surface area (TPSA) is 40.5 Å². The summed E-state index contributed by atoms with van der Waals surface area (Å²) < 4.78 is 0. The van der Waals surface area contributed by atoms with Gasteiger partial charge in [-0.2, -0.15) is 0 Å². The molecule has 1 radical (unpaired) electrons. The number of carboxylic acids is 1. The molecule has 1 N–H and O–H groups in total. The molecule has 0 bridgehead atoms. The monoisotopic (exact) mass is 192 g/mol. The molecule has 0 aromatic carbocycles. The Morgan fingerprint density at radius 3 is 2.00 bits per heavy atom. The molecule has 0 fully saturated rings. The number of nitrogens with zero attached hydrogens (tertiary/aromatic N) is 1. The number of likely N-dealkylation sites (N-methyl/N-ethyl adjacent to an activating group) is 1. The zero-order valence-electron chi connectivity index (χ0n) is 5.09. The zero-order valence-corrected chi connectivity index (χ0v) is 7.93. The van der Waals surface area contributed by atoms with Crippen LogP contribution in [0.25, 0.3) is 0 Å². The third-order valence-corrected chi connectivity index (χ3v) is 0.451. The van der Waals surface area contributed by atoms with Crippen LogP contribution in [0.15, 0.2) is 0 Å². The molecule has 0 rings (SSSR count). The number of carboxylic acid groups (broad SMARTS) is 1. The predicted octanol–water partition coefficient (Wildman–Crippen LogP) is -0.370. The largest absolute Gasteiger partial charge is 0.480 e. The first-order chi connectivity index (χ1) is 3.13. The van der Waals surface area contributed by atoms with Crippen molar-refractivity contribution >= 4 is 5.97 Å². The van der Waals surface area contributed by atoms with Crippen molar-refractivity contribution in [2.75, 3.05) is 20.6 Å². The molecule has 8 heavy (non-hydrogen) atoms. The minimum absolute atomic E-state index is 0. The van der Waals surface area contributed by atoms with Crippen molar-refractivity contribution in [2.45, 2.75) is 0 Å². The molecule has 0 unspecified atom stereocenters. The van der Waals surface area contributed by atoms with Crippen LogP contribution in [0.4, 0.5) is 0 Å². The van der Waals surface area contributed by atoms with E-state index in [4.69, 9.17) is 5.11 Å². The Labute approximate surface area is 73.9 Å². The van der Waals surface area contributed by atoms with Gasteiger partial charge in [0.15, 0.2) is 0 Å². The second-order valence-electron chi connectivity index (χ2n) is 1.63. The summed E-state index contributed by atoms with van der Waals surface area (Å²) in [5.74, 6) is -0.787. The van der Waals surface area contributed by atoms with Crippen LogP contribution >= 0.6 is 0 Å². The van der Waals surface area contributed by atoms with Crippen LogP contribution in [0, 0.1) is 0 Å². The maximum atomic E-state index is 9.77. The van der Waals surface area contributed by atoms with Crippen molar-refractivity contribution in [3.63, 3.8) is 0 Å². The smallest absolute Gasteiger partial charge is 0.317 e. The predicted molar refractivity (Wildman–Crippen MR) is 26.2 cm³/mol. The van der Waals surface area contributed by atoms with E-state index in [2.05, 4.69) is 0 Å². The molecule has 3 nitrogen and oxygen atoms in total. The molecular weight excluding hydrogens is 183 g/mol. The Morgan fingerprint density at radius 1 is 1.62 bits per heavy atom. The normalized spacial score (nSPS) is 8.38. The van der Waals surface area contributed by atoms with E-state index in [1.165, 1.54) is 0 Å². The van der Waals surface area contributed by atoms with Crippen molar-refractivity contribution in [1.29, 1.82) is 0 Å². The summed E-state index contributed by atoms with van der Waals surface area (Å²) in [7, 11) is 3.43. The minimum atomic E-state index is -0.787. The Balaban J connectivity index is 0. The molecule has 45 valence electrons. The number of hydrogen-bond donors (Lipinski definition) is 1. The molecule has 4 heteroatoms. The van der Waals surface area contributed by atoms with Gasteiger partial charge in [-0.05, 0) is 14.1 Å². The average Bonchev–Trinajstić information content (AvgIpc) is 1.27. The van der Waals surface area contributed by atoms with E-state index in [0.717, 1.165) is 0 Å². The van der Waals surface area contributed by atoms with Gasteiger partial charge in [0.25, 0.3) is 0 Å². The minimum Gasteiger partial charge on any atom is -0.480 e. The Morgan fingerprint density at radius 2 is 2.00 bits per heavy atom. The quantitative estimate of drug-likeness (QED) is 0.648. The van der Waals surface area contributed by atoms with Gasteiger partial charge >= 0.3 is 5.97 Å². The van der Waals surface area contributed by atoms with Crippen LogP contribution in [-0.2, 0) is 37.5 Å². The Bertz CT molecular complexity index is 74.4. The van der Waals surface area contributed by atoms with Crippen molar-refractivity contribution in [2.24, 2.45) is 0 Å². The fourth-order valence-corrected chi connectivity index (χ4v) is 0.271.